The number of carbonyl (C=O) groups is 3. The molecule has 11 nitrogen and oxygen atoms in total. The molecule has 2 N–H and O–H groups in total. The Labute approximate surface area is 241 Å². The molecule has 0 atom stereocenters. The maximum Gasteiger partial charge on any atom is 0.414 e. The van der Waals surface area contributed by atoms with Gasteiger partial charge in [-0.25, -0.2) is 9.59 Å². The van der Waals surface area contributed by atoms with Crippen molar-refractivity contribution >= 4 is 23.5 Å². The van der Waals surface area contributed by atoms with Crippen molar-refractivity contribution in [3.63, 3.8) is 0 Å². The second-order valence-electron chi connectivity index (χ2n) is 9.79. The summed E-state index contributed by atoms with van der Waals surface area (Å²) in [6.45, 7) is 11.2. The molecule has 2 heterocycles. The smallest absolute Gasteiger partial charge is 0.414 e. The SMILES string of the molecule is CCOc1ccc(CN2CCC(C(=O)N3CCN(c4ccccc4OCC)CC3)CC2)cc1OC.O=C(O)C(=O)O. The Morgan fingerprint density at radius 3 is 2.00 bits per heavy atom. The van der Waals surface area contributed by atoms with Gasteiger partial charge in [0.1, 0.15) is 5.75 Å². The van der Waals surface area contributed by atoms with E-state index in [1.807, 2.05) is 38.1 Å². The van der Waals surface area contributed by atoms with Gasteiger partial charge < -0.3 is 34.2 Å². The van der Waals surface area contributed by atoms with Gasteiger partial charge in [-0.1, -0.05) is 18.2 Å². The second kappa shape index (κ2) is 15.7. The number of methoxy groups -OCH3 is 1. The third-order valence-corrected chi connectivity index (χ3v) is 7.15. The summed E-state index contributed by atoms with van der Waals surface area (Å²) in [5.41, 5.74) is 2.33. The Balaban J connectivity index is 0.000000696. The van der Waals surface area contributed by atoms with Crippen molar-refractivity contribution in [1.29, 1.82) is 0 Å². The van der Waals surface area contributed by atoms with E-state index >= 15 is 0 Å². The lowest BCUT2D eigenvalue weighted by Gasteiger charge is -2.39. The molecule has 2 aromatic carbocycles. The van der Waals surface area contributed by atoms with Crippen LogP contribution < -0.4 is 19.1 Å². The van der Waals surface area contributed by atoms with E-state index in [4.69, 9.17) is 34.0 Å². The molecule has 11 heteroatoms. The number of aliphatic carboxylic acids is 2. The van der Waals surface area contributed by atoms with E-state index in [0.29, 0.717) is 19.1 Å². The van der Waals surface area contributed by atoms with Crippen LogP contribution >= 0.6 is 0 Å². The topological polar surface area (TPSA) is 129 Å². The number of para-hydroxylation sites is 2. The van der Waals surface area contributed by atoms with E-state index in [1.54, 1.807) is 7.11 Å². The first-order chi connectivity index (χ1) is 19.8. The minimum absolute atomic E-state index is 0.128. The summed E-state index contributed by atoms with van der Waals surface area (Å²) in [7, 11) is 1.68. The zero-order chi connectivity index (χ0) is 29.8. The zero-order valence-corrected chi connectivity index (χ0v) is 24.1. The van der Waals surface area contributed by atoms with Crippen LogP contribution in [-0.2, 0) is 20.9 Å². The molecule has 2 fully saturated rings. The lowest BCUT2D eigenvalue weighted by Crippen LogP contribution is -2.51. The maximum absolute atomic E-state index is 13.2. The molecule has 2 aliphatic heterocycles. The third-order valence-electron chi connectivity index (χ3n) is 7.15. The monoisotopic (exact) mass is 571 g/mol. The van der Waals surface area contributed by atoms with Crippen molar-refractivity contribution in [3.05, 3.63) is 48.0 Å². The van der Waals surface area contributed by atoms with Crippen LogP contribution in [0.5, 0.6) is 17.2 Å². The van der Waals surface area contributed by atoms with Crippen LogP contribution in [0.4, 0.5) is 5.69 Å². The van der Waals surface area contributed by atoms with Crippen molar-refractivity contribution in [2.75, 3.05) is 64.5 Å². The van der Waals surface area contributed by atoms with E-state index < -0.39 is 11.9 Å². The normalized spacial score (nSPS) is 15.9. The average Bonchev–Trinajstić information content (AvgIpc) is 2.99. The predicted octanol–water partition coefficient (Wildman–Crippen LogP) is 3.21. The number of nitrogens with zero attached hydrogens (tertiary/aromatic N) is 3. The number of amides is 1. The number of carboxylic acid groups (broad SMARTS) is 2. The Morgan fingerprint density at radius 2 is 1.41 bits per heavy atom. The summed E-state index contributed by atoms with van der Waals surface area (Å²) in [6, 6.07) is 14.3. The van der Waals surface area contributed by atoms with Crippen LogP contribution in [0.3, 0.4) is 0 Å². The van der Waals surface area contributed by atoms with Crippen LogP contribution in [0.2, 0.25) is 0 Å². The quantitative estimate of drug-likeness (QED) is 0.433. The van der Waals surface area contributed by atoms with Gasteiger partial charge in [0.2, 0.25) is 5.91 Å². The number of likely N-dealkylation sites (tertiary alicyclic amines) is 1. The molecule has 41 heavy (non-hydrogen) atoms. The highest BCUT2D eigenvalue weighted by molar-refractivity contribution is 6.27. The standard InChI is InChI=1S/C28H39N3O4.C2H2O4/c1-4-34-25-9-7-6-8-24(25)30-16-18-31(19-17-30)28(32)23-12-14-29(15-13-23)21-22-10-11-26(35-5-2)27(20-22)33-3;3-1(4)2(5)6/h6-11,20,23H,4-5,12-19,21H2,1-3H3;(H,3,4)(H,5,6). The molecule has 4 rings (SSSR count). The van der Waals surface area contributed by atoms with Gasteiger partial charge >= 0.3 is 11.9 Å². The lowest BCUT2D eigenvalue weighted by atomic mass is 9.94. The Kier molecular flexibility index (Phi) is 12.1. The van der Waals surface area contributed by atoms with Gasteiger partial charge in [-0.3, -0.25) is 9.69 Å². The molecule has 0 spiro atoms. The van der Waals surface area contributed by atoms with Gasteiger partial charge in [-0.15, -0.1) is 0 Å². The molecule has 0 unspecified atom stereocenters. The van der Waals surface area contributed by atoms with Crippen molar-refractivity contribution in [2.24, 2.45) is 5.92 Å². The van der Waals surface area contributed by atoms with Gasteiger partial charge in [0.25, 0.3) is 0 Å². The molecule has 1 amide bonds. The minimum atomic E-state index is -1.82. The van der Waals surface area contributed by atoms with Gasteiger partial charge in [0, 0.05) is 38.6 Å². The van der Waals surface area contributed by atoms with E-state index in [0.717, 1.165) is 81.6 Å². The number of piperidine rings is 1. The number of rotatable bonds is 9. The van der Waals surface area contributed by atoms with Crippen LogP contribution in [-0.4, -0.2) is 97.5 Å². The number of anilines is 1. The Morgan fingerprint density at radius 1 is 0.805 bits per heavy atom. The lowest BCUT2D eigenvalue weighted by molar-refractivity contribution is -0.159. The highest BCUT2D eigenvalue weighted by Gasteiger charge is 2.31. The van der Waals surface area contributed by atoms with Gasteiger partial charge in [-0.05, 0) is 69.6 Å². The second-order valence-corrected chi connectivity index (χ2v) is 9.79. The highest BCUT2D eigenvalue weighted by atomic mass is 16.5. The van der Waals surface area contributed by atoms with Crippen LogP contribution in [0.15, 0.2) is 42.5 Å². The Hall–Kier alpha value is -3.99. The first-order valence-electron chi connectivity index (χ1n) is 14.0. The number of carbonyl (C=O) groups excluding carboxylic acids is 1. The minimum Gasteiger partial charge on any atom is -0.493 e. The largest absolute Gasteiger partial charge is 0.493 e. The van der Waals surface area contributed by atoms with Gasteiger partial charge in [-0.2, -0.15) is 0 Å². The molecule has 0 radical (unpaired) electrons. The number of piperazine rings is 1. The first kappa shape index (κ1) is 31.5. The predicted molar refractivity (Wildman–Crippen MR) is 154 cm³/mol. The summed E-state index contributed by atoms with van der Waals surface area (Å²) in [5.74, 6) is -0.715. The van der Waals surface area contributed by atoms with Crippen molar-refractivity contribution in [3.8, 4) is 17.2 Å². The van der Waals surface area contributed by atoms with Gasteiger partial charge in [0.15, 0.2) is 11.5 Å². The van der Waals surface area contributed by atoms with E-state index in [9.17, 15) is 4.79 Å². The van der Waals surface area contributed by atoms with Crippen LogP contribution in [0.25, 0.3) is 0 Å². The average molecular weight is 572 g/mol. The molecule has 224 valence electrons. The van der Waals surface area contributed by atoms with Crippen LogP contribution in [0.1, 0.15) is 32.3 Å². The highest BCUT2D eigenvalue weighted by Crippen LogP contribution is 2.31. The molecular formula is C30H41N3O8. The molecule has 2 aliphatic rings. The number of carboxylic acids is 2. The summed E-state index contributed by atoms with van der Waals surface area (Å²) < 4.78 is 16.9. The summed E-state index contributed by atoms with van der Waals surface area (Å²) in [5, 5.41) is 14.8. The molecule has 2 aromatic rings. The number of hydrogen-bond acceptors (Lipinski definition) is 8. The number of ether oxygens (including phenoxy) is 3. The molecule has 2 saturated heterocycles. The summed E-state index contributed by atoms with van der Waals surface area (Å²) in [6.07, 6.45) is 1.83. The zero-order valence-electron chi connectivity index (χ0n) is 24.1. The van der Waals surface area contributed by atoms with Crippen molar-refractivity contribution in [2.45, 2.75) is 33.2 Å². The van der Waals surface area contributed by atoms with Crippen LogP contribution in [0, 0.1) is 5.92 Å². The van der Waals surface area contributed by atoms with Gasteiger partial charge in [0.05, 0.1) is 26.0 Å². The fourth-order valence-electron chi connectivity index (χ4n) is 5.10. The number of hydrogen-bond donors (Lipinski definition) is 2. The molecule has 0 aliphatic carbocycles. The fraction of sp³-hybridized carbons (Fsp3) is 0.500. The fourth-order valence-corrected chi connectivity index (χ4v) is 5.10. The van der Waals surface area contributed by atoms with E-state index in [-0.39, 0.29) is 5.92 Å². The molecule has 0 saturated carbocycles. The third kappa shape index (κ3) is 9.01. The van der Waals surface area contributed by atoms with Crippen molar-refractivity contribution < 1.29 is 38.8 Å². The Bertz CT molecular complexity index is 1150. The summed E-state index contributed by atoms with van der Waals surface area (Å²) in [4.78, 5) is 38.3. The first-order valence-corrected chi connectivity index (χ1v) is 14.0. The number of benzene rings is 2. The maximum atomic E-state index is 13.2. The summed E-state index contributed by atoms with van der Waals surface area (Å²) >= 11 is 0. The molecule has 0 bridgehead atoms. The molecule has 0 aromatic heterocycles. The van der Waals surface area contributed by atoms with Crippen molar-refractivity contribution in [1.82, 2.24) is 9.80 Å². The molecular weight excluding hydrogens is 530 g/mol. The van der Waals surface area contributed by atoms with E-state index in [2.05, 4.69) is 32.9 Å². The van der Waals surface area contributed by atoms with E-state index in [1.165, 1.54) is 5.56 Å².